The Bertz CT molecular complexity index is 493. The van der Waals surface area contributed by atoms with E-state index in [0.717, 1.165) is 5.56 Å². The Morgan fingerprint density at radius 1 is 1.35 bits per heavy atom. The Morgan fingerprint density at radius 3 is 2.35 bits per heavy atom. The minimum atomic E-state index is -3.76. The first-order chi connectivity index (χ1) is 7.81. The van der Waals surface area contributed by atoms with E-state index in [1.165, 1.54) is 12.1 Å². The van der Waals surface area contributed by atoms with Crippen LogP contribution in [0, 0.1) is 6.92 Å². The van der Waals surface area contributed by atoms with Crippen LogP contribution in [0.4, 0.5) is 4.39 Å². The standard InChI is InChI=1S/C11H13FO4S/c1-8-2-4-10(5-3-8)17(15,16)7-9(12)6-11(13)14/h2-5,9H,6-7H2,1H3,(H,13,14). The number of rotatable bonds is 5. The Kier molecular flexibility index (Phi) is 4.22. The van der Waals surface area contributed by atoms with Crippen molar-refractivity contribution in [1.29, 1.82) is 0 Å². The predicted molar refractivity (Wildman–Crippen MR) is 60.4 cm³/mol. The second-order valence-electron chi connectivity index (χ2n) is 3.79. The van der Waals surface area contributed by atoms with Crippen LogP contribution in [0.25, 0.3) is 0 Å². The lowest BCUT2D eigenvalue weighted by molar-refractivity contribution is -0.138. The van der Waals surface area contributed by atoms with E-state index in [2.05, 4.69) is 0 Å². The SMILES string of the molecule is Cc1ccc(S(=O)(=O)CC(F)CC(=O)O)cc1. The van der Waals surface area contributed by atoms with Gasteiger partial charge in [0.1, 0.15) is 6.17 Å². The Labute approximate surface area is 99.0 Å². The number of halogens is 1. The van der Waals surface area contributed by atoms with Gasteiger partial charge in [-0.25, -0.2) is 12.8 Å². The number of hydrogen-bond donors (Lipinski definition) is 1. The van der Waals surface area contributed by atoms with Crippen molar-refractivity contribution in [3.63, 3.8) is 0 Å². The molecule has 0 spiro atoms. The van der Waals surface area contributed by atoms with Crippen molar-refractivity contribution < 1.29 is 22.7 Å². The normalized spacial score (nSPS) is 13.3. The maximum Gasteiger partial charge on any atom is 0.306 e. The molecule has 0 bridgehead atoms. The molecule has 0 aromatic heterocycles. The number of aliphatic carboxylic acids is 1. The van der Waals surface area contributed by atoms with Crippen molar-refractivity contribution in [1.82, 2.24) is 0 Å². The van der Waals surface area contributed by atoms with E-state index in [1.807, 2.05) is 0 Å². The quantitative estimate of drug-likeness (QED) is 0.872. The van der Waals surface area contributed by atoms with Crippen LogP contribution in [0.2, 0.25) is 0 Å². The molecule has 0 saturated carbocycles. The number of hydrogen-bond acceptors (Lipinski definition) is 3. The monoisotopic (exact) mass is 260 g/mol. The minimum Gasteiger partial charge on any atom is -0.481 e. The highest BCUT2D eigenvalue weighted by molar-refractivity contribution is 7.91. The molecule has 0 fully saturated rings. The van der Waals surface area contributed by atoms with Gasteiger partial charge in [-0.2, -0.15) is 0 Å². The number of carboxylic acid groups (broad SMARTS) is 1. The fourth-order valence-corrected chi connectivity index (χ4v) is 2.67. The summed E-state index contributed by atoms with van der Waals surface area (Å²) in [5, 5.41) is 8.35. The summed E-state index contributed by atoms with van der Waals surface area (Å²) >= 11 is 0. The molecule has 1 N–H and O–H groups in total. The molecule has 1 aromatic rings. The van der Waals surface area contributed by atoms with Crippen LogP contribution in [-0.4, -0.2) is 31.4 Å². The van der Waals surface area contributed by atoms with E-state index in [0.29, 0.717) is 0 Å². The lowest BCUT2D eigenvalue weighted by atomic mass is 10.2. The van der Waals surface area contributed by atoms with Crippen molar-refractivity contribution in [2.45, 2.75) is 24.4 Å². The molecule has 94 valence electrons. The van der Waals surface area contributed by atoms with Crippen molar-refractivity contribution in [3.05, 3.63) is 29.8 Å². The number of carboxylic acids is 1. The summed E-state index contributed by atoms with van der Waals surface area (Å²) in [5.41, 5.74) is 0.895. The van der Waals surface area contributed by atoms with Crippen molar-refractivity contribution in [2.24, 2.45) is 0 Å². The summed E-state index contributed by atoms with van der Waals surface area (Å²) in [6, 6.07) is 5.99. The van der Waals surface area contributed by atoms with Crippen LogP contribution in [0.15, 0.2) is 29.2 Å². The lowest BCUT2D eigenvalue weighted by Crippen LogP contribution is -2.20. The summed E-state index contributed by atoms with van der Waals surface area (Å²) < 4.78 is 36.6. The first kappa shape index (κ1) is 13.6. The number of carbonyl (C=O) groups is 1. The average Bonchev–Trinajstić information content (AvgIpc) is 2.15. The molecule has 0 saturated heterocycles. The van der Waals surface area contributed by atoms with Gasteiger partial charge in [-0.15, -0.1) is 0 Å². The molecule has 1 aromatic carbocycles. The van der Waals surface area contributed by atoms with Crippen LogP contribution in [0.1, 0.15) is 12.0 Å². The summed E-state index contributed by atoms with van der Waals surface area (Å²) in [5.74, 6) is -2.15. The van der Waals surface area contributed by atoms with E-state index in [1.54, 1.807) is 19.1 Å². The van der Waals surface area contributed by atoms with Crippen LogP contribution in [-0.2, 0) is 14.6 Å². The van der Waals surface area contributed by atoms with Gasteiger partial charge in [-0.05, 0) is 19.1 Å². The van der Waals surface area contributed by atoms with E-state index in [-0.39, 0.29) is 4.90 Å². The van der Waals surface area contributed by atoms with Gasteiger partial charge in [0.2, 0.25) is 0 Å². The fraction of sp³-hybridized carbons (Fsp3) is 0.364. The Balaban J connectivity index is 2.82. The number of aryl methyl sites for hydroxylation is 1. The van der Waals surface area contributed by atoms with E-state index in [4.69, 9.17) is 5.11 Å². The summed E-state index contributed by atoms with van der Waals surface area (Å²) in [6.07, 6.45) is -2.69. The largest absolute Gasteiger partial charge is 0.481 e. The molecule has 0 amide bonds. The molecule has 1 rings (SSSR count). The van der Waals surface area contributed by atoms with Gasteiger partial charge >= 0.3 is 5.97 Å². The fourth-order valence-electron chi connectivity index (χ4n) is 1.33. The molecule has 6 heteroatoms. The van der Waals surface area contributed by atoms with Gasteiger partial charge < -0.3 is 5.11 Å². The smallest absolute Gasteiger partial charge is 0.306 e. The third-order valence-electron chi connectivity index (χ3n) is 2.18. The van der Waals surface area contributed by atoms with Crippen LogP contribution in [0.5, 0.6) is 0 Å². The molecule has 0 radical (unpaired) electrons. The highest BCUT2D eigenvalue weighted by atomic mass is 32.2. The number of sulfone groups is 1. The summed E-state index contributed by atoms with van der Waals surface area (Å²) in [7, 11) is -3.76. The zero-order valence-electron chi connectivity index (χ0n) is 9.26. The molecule has 0 aliphatic carbocycles. The number of benzene rings is 1. The molecule has 17 heavy (non-hydrogen) atoms. The summed E-state index contributed by atoms with van der Waals surface area (Å²) in [6.45, 7) is 1.80. The molecule has 1 atom stereocenters. The van der Waals surface area contributed by atoms with Crippen molar-refractivity contribution >= 4 is 15.8 Å². The zero-order valence-corrected chi connectivity index (χ0v) is 10.1. The Morgan fingerprint density at radius 2 is 1.88 bits per heavy atom. The van der Waals surface area contributed by atoms with Gasteiger partial charge in [-0.3, -0.25) is 4.79 Å². The van der Waals surface area contributed by atoms with Gasteiger partial charge in [0, 0.05) is 0 Å². The number of alkyl halides is 1. The predicted octanol–water partition coefficient (Wildman–Crippen LogP) is 1.58. The third-order valence-corrected chi connectivity index (χ3v) is 3.97. The molecular formula is C11H13FO4S. The van der Waals surface area contributed by atoms with E-state index >= 15 is 0 Å². The second-order valence-corrected chi connectivity index (χ2v) is 5.82. The highest BCUT2D eigenvalue weighted by Gasteiger charge is 2.22. The zero-order chi connectivity index (χ0) is 13.1. The lowest BCUT2D eigenvalue weighted by Gasteiger charge is -2.07. The first-order valence-electron chi connectivity index (χ1n) is 4.96. The van der Waals surface area contributed by atoms with Gasteiger partial charge in [0.05, 0.1) is 17.1 Å². The maximum atomic E-state index is 13.2. The van der Waals surface area contributed by atoms with E-state index in [9.17, 15) is 17.6 Å². The maximum absolute atomic E-state index is 13.2. The minimum absolute atomic E-state index is 0.0103. The topological polar surface area (TPSA) is 71.4 Å². The van der Waals surface area contributed by atoms with Crippen molar-refractivity contribution in [3.8, 4) is 0 Å². The van der Waals surface area contributed by atoms with Crippen LogP contribution in [0.3, 0.4) is 0 Å². The molecule has 0 aliphatic rings. The molecule has 0 heterocycles. The molecule has 0 aliphatic heterocycles. The molecule has 1 unspecified atom stereocenters. The van der Waals surface area contributed by atoms with Gasteiger partial charge in [-0.1, -0.05) is 17.7 Å². The highest BCUT2D eigenvalue weighted by Crippen LogP contribution is 2.15. The van der Waals surface area contributed by atoms with Crippen LogP contribution >= 0.6 is 0 Å². The average molecular weight is 260 g/mol. The van der Waals surface area contributed by atoms with Gasteiger partial charge in [0.15, 0.2) is 9.84 Å². The van der Waals surface area contributed by atoms with E-state index < -0.39 is 34.2 Å². The first-order valence-corrected chi connectivity index (χ1v) is 6.62. The second kappa shape index (κ2) is 5.27. The molecule has 4 nitrogen and oxygen atoms in total. The Hall–Kier alpha value is -1.43. The third kappa shape index (κ3) is 4.14. The van der Waals surface area contributed by atoms with Crippen molar-refractivity contribution in [2.75, 3.05) is 5.75 Å². The molecular weight excluding hydrogens is 247 g/mol. The van der Waals surface area contributed by atoms with Gasteiger partial charge in [0.25, 0.3) is 0 Å². The summed E-state index contributed by atoms with van der Waals surface area (Å²) in [4.78, 5) is 10.3. The van der Waals surface area contributed by atoms with Crippen LogP contribution < -0.4 is 0 Å².